The molecule has 0 aromatic heterocycles. The number of carbonyl (C=O) groups excluding carboxylic acids is 2. The van der Waals surface area contributed by atoms with Crippen LogP contribution in [0, 0.1) is 0 Å². The Hall–Kier alpha value is -1.88. The fraction of sp³-hybridized carbons (Fsp3) is 0.704. The highest BCUT2D eigenvalue weighted by Crippen LogP contribution is 2.32. The van der Waals surface area contributed by atoms with E-state index < -0.39 is 17.5 Å². The molecule has 1 atom stereocenters. The van der Waals surface area contributed by atoms with Crippen LogP contribution in [-0.2, 0) is 19.1 Å². The van der Waals surface area contributed by atoms with Gasteiger partial charge in [-0.1, -0.05) is 76.5 Å². The van der Waals surface area contributed by atoms with E-state index in [2.05, 4.69) is 23.8 Å². The van der Waals surface area contributed by atoms with Crippen molar-refractivity contribution in [2.75, 3.05) is 13.7 Å². The molecule has 0 aliphatic carbocycles. The van der Waals surface area contributed by atoms with Crippen LogP contribution in [0.1, 0.15) is 103 Å². The van der Waals surface area contributed by atoms with Crippen molar-refractivity contribution in [2.24, 2.45) is 0 Å². The van der Waals surface area contributed by atoms with Crippen LogP contribution in [0.2, 0.25) is 0 Å². The summed E-state index contributed by atoms with van der Waals surface area (Å²) in [6.07, 6.45) is 26.7. The average molecular weight is 449 g/mol. The van der Waals surface area contributed by atoms with Crippen LogP contribution in [0.5, 0.6) is 0 Å². The van der Waals surface area contributed by atoms with E-state index in [0.29, 0.717) is 5.57 Å². The van der Waals surface area contributed by atoms with Gasteiger partial charge in [0.05, 0.1) is 13.7 Å². The molecule has 1 saturated heterocycles. The van der Waals surface area contributed by atoms with Crippen molar-refractivity contribution in [1.82, 2.24) is 0 Å². The summed E-state index contributed by atoms with van der Waals surface area (Å²) in [5, 5.41) is 9.64. The lowest BCUT2D eigenvalue weighted by Gasteiger charge is -2.19. The second-order valence-corrected chi connectivity index (χ2v) is 8.75. The lowest BCUT2D eigenvalue weighted by molar-refractivity contribution is -0.146. The van der Waals surface area contributed by atoms with E-state index in [9.17, 15) is 14.7 Å². The topological polar surface area (TPSA) is 72.8 Å². The molecule has 0 saturated carbocycles. The summed E-state index contributed by atoms with van der Waals surface area (Å²) in [6, 6.07) is 0. The van der Waals surface area contributed by atoms with Gasteiger partial charge < -0.3 is 14.6 Å². The zero-order chi connectivity index (χ0) is 23.5. The maximum atomic E-state index is 12.1. The number of hydrogen-bond acceptors (Lipinski definition) is 5. The summed E-state index contributed by atoms with van der Waals surface area (Å²) in [6.45, 7) is 1.89. The van der Waals surface area contributed by atoms with Gasteiger partial charge in [0, 0.05) is 18.1 Å². The Balaban J connectivity index is 2.10. The molecule has 5 nitrogen and oxygen atoms in total. The van der Waals surface area contributed by atoms with Crippen LogP contribution in [0.3, 0.4) is 0 Å². The SMILES string of the molecule is CCCCCCCC/C=C/CCCCCCCC=C1C[C@](C=CC(=O)OC)(CO)OC1=O. The zero-order valence-corrected chi connectivity index (χ0v) is 20.3. The van der Waals surface area contributed by atoms with Gasteiger partial charge >= 0.3 is 11.9 Å². The molecule has 0 radical (unpaired) electrons. The number of esters is 2. The van der Waals surface area contributed by atoms with Gasteiger partial charge in [-0.3, -0.25) is 0 Å². The highest BCUT2D eigenvalue weighted by atomic mass is 16.6. The first kappa shape index (κ1) is 28.2. The number of unbranched alkanes of at least 4 members (excludes halogenated alkanes) is 12. The third-order valence-corrected chi connectivity index (χ3v) is 5.90. The maximum absolute atomic E-state index is 12.1. The number of carbonyl (C=O) groups is 2. The summed E-state index contributed by atoms with van der Waals surface area (Å²) in [4.78, 5) is 23.4. The van der Waals surface area contributed by atoms with Crippen LogP contribution < -0.4 is 0 Å². The normalized spacial score (nSPS) is 20.0. The van der Waals surface area contributed by atoms with Gasteiger partial charge in [-0.2, -0.15) is 0 Å². The van der Waals surface area contributed by atoms with Gasteiger partial charge in [-0.05, 0) is 44.6 Å². The van der Waals surface area contributed by atoms with Crippen LogP contribution >= 0.6 is 0 Å². The fourth-order valence-corrected chi connectivity index (χ4v) is 3.85. The number of hydrogen-bond donors (Lipinski definition) is 1. The summed E-state index contributed by atoms with van der Waals surface area (Å²) >= 11 is 0. The summed E-state index contributed by atoms with van der Waals surface area (Å²) in [7, 11) is 1.28. The maximum Gasteiger partial charge on any atom is 0.334 e. The van der Waals surface area contributed by atoms with Crippen molar-refractivity contribution in [1.29, 1.82) is 0 Å². The minimum absolute atomic E-state index is 0.279. The number of rotatable bonds is 18. The Labute approximate surface area is 194 Å². The molecule has 0 bridgehead atoms. The molecule has 1 N–H and O–H groups in total. The number of allylic oxidation sites excluding steroid dienone is 3. The van der Waals surface area contributed by atoms with Crippen LogP contribution in [0.15, 0.2) is 36.0 Å². The molecule has 1 aliphatic rings. The molecular weight excluding hydrogens is 404 g/mol. The van der Waals surface area contributed by atoms with Gasteiger partial charge in [0.25, 0.3) is 0 Å². The first-order chi connectivity index (χ1) is 15.6. The van der Waals surface area contributed by atoms with E-state index >= 15 is 0 Å². The molecule has 5 heteroatoms. The highest BCUT2D eigenvalue weighted by molar-refractivity contribution is 5.92. The lowest BCUT2D eigenvalue weighted by Crippen LogP contribution is -2.30. The molecule has 1 fully saturated rings. The largest absolute Gasteiger partial charge is 0.466 e. The Morgan fingerprint density at radius 2 is 1.53 bits per heavy atom. The molecule has 32 heavy (non-hydrogen) atoms. The van der Waals surface area contributed by atoms with Gasteiger partial charge in [0.2, 0.25) is 0 Å². The number of methoxy groups -OCH3 is 1. The minimum Gasteiger partial charge on any atom is -0.466 e. The van der Waals surface area contributed by atoms with Gasteiger partial charge in [0.15, 0.2) is 5.60 Å². The molecule has 182 valence electrons. The van der Waals surface area contributed by atoms with Crippen LogP contribution in [0.4, 0.5) is 0 Å². The van der Waals surface area contributed by atoms with E-state index in [0.717, 1.165) is 19.3 Å². The quantitative estimate of drug-likeness (QED) is 0.114. The zero-order valence-electron chi connectivity index (χ0n) is 20.3. The molecule has 1 rings (SSSR count). The standard InChI is InChI=1S/C27H44O5/c1-3-4-5-6-7-8-9-10-11-12-13-14-15-16-17-18-19-24-22-27(23-28,32-26(24)30)21-20-25(29)31-2/h10-11,19-21,28H,3-9,12-18,22-23H2,1-2H3/b11-10+,21-20?,24-19?/t27-/m1/s1. The Bertz CT molecular complexity index is 620. The molecule has 0 unspecified atom stereocenters. The van der Waals surface area contributed by atoms with E-state index in [1.807, 2.05) is 6.08 Å². The Kier molecular flexibility index (Phi) is 15.5. The predicted octanol–water partition coefficient (Wildman–Crippen LogP) is 6.36. The van der Waals surface area contributed by atoms with Crippen LogP contribution in [0.25, 0.3) is 0 Å². The van der Waals surface area contributed by atoms with E-state index in [1.54, 1.807) is 0 Å². The summed E-state index contributed by atoms with van der Waals surface area (Å²) in [5.41, 5.74) is -0.580. The Morgan fingerprint density at radius 1 is 0.969 bits per heavy atom. The van der Waals surface area contributed by atoms with E-state index in [-0.39, 0.29) is 13.0 Å². The third kappa shape index (κ3) is 12.2. The highest BCUT2D eigenvalue weighted by Gasteiger charge is 2.41. The molecule has 1 heterocycles. The third-order valence-electron chi connectivity index (χ3n) is 5.90. The van der Waals surface area contributed by atoms with Gasteiger partial charge in [-0.25, -0.2) is 9.59 Å². The lowest BCUT2D eigenvalue weighted by atomic mass is 9.97. The van der Waals surface area contributed by atoms with Crippen molar-refractivity contribution >= 4 is 11.9 Å². The van der Waals surface area contributed by atoms with Crippen molar-refractivity contribution in [2.45, 2.75) is 109 Å². The average Bonchev–Trinajstić information content (AvgIpc) is 3.13. The van der Waals surface area contributed by atoms with Crippen molar-refractivity contribution in [3.05, 3.63) is 36.0 Å². The summed E-state index contributed by atoms with van der Waals surface area (Å²) in [5.74, 6) is -0.957. The first-order valence-corrected chi connectivity index (χ1v) is 12.5. The summed E-state index contributed by atoms with van der Waals surface area (Å²) < 4.78 is 9.88. The van der Waals surface area contributed by atoms with Crippen molar-refractivity contribution in [3.8, 4) is 0 Å². The second-order valence-electron chi connectivity index (χ2n) is 8.75. The monoisotopic (exact) mass is 448 g/mol. The second kappa shape index (κ2) is 17.6. The van der Waals surface area contributed by atoms with Gasteiger partial charge in [0.1, 0.15) is 0 Å². The van der Waals surface area contributed by atoms with E-state index in [4.69, 9.17) is 4.74 Å². The molecule has 0 aromatic rings. The van der Waals surface area contributed by atoms with Crippen molar-refractivity contribution < 1.29 is 24.2 Å². The fourth-order valence-electron chi connectivity index (χ4n) is 3.85. The number of cyclic esters (lactones) is 1. The number of ether oxygens (including phenoxy) is 2. The first-order valence-electron chi connectivity index (χ1n) is 12.5. The molecule has 0 spiro atoms. The van der Waals surface area contributed by atoms with Crippen LogP contribution in [-0.4, -0.2) is 36.4 Å². The smallest absolute Gasteiger partial charge is 0.334 e. The molecule has 1 aliphatic heterocycles. The predicted molar refractivity (Wildman–Crippen MR) is 129 cm³/mol. The molecule has 0 amide bonds. The minimum atomic E-state index is -1.15. The molecular formula is C27H44O5. The number of aliphatic hydroxyl groups excluding tert-OH is 1. The van der Waals surface area contributed by atoms with E-state index in [1.165, 1.54) is 89.9 Å². The molecule has 0 aromatic carbocycles. The Morgan fingerprint density at radius 3 is 2.09 bits per heavy atom. The van der Waals surface area contributed by atoms with Crippen molar-refractivity contribution in [3.63, 3.8) is 0 Å². The number of aliphatic hydroxyl groups is 1. The van der Waals surface area contributed by atoms with Gasteiger partial charge in [-0.15, -0.1) is 0 Å².